The number of carbonyl (C=O) groups is 2. The van der Waals surface area contributed by atoms with E-state index in [9.17, 15) is 9.59 Å². The summed E-state index contributed by atoms with van der Waals surface area (Å²) in [5, 5.41) is 5.90. The number of nitrogens with one attached hydrogen (secondary N) is 2. The first-order valence-electron chi connectivity index (χ1n) is 7.87. The van der Waals surface area contributed by atoms with Crippen molar-refractivity contribution in [2.45, 2.75) is 66.7 Å². The highest BCUT2D eigenvalue weighted by Gasteiger charge is 2.24. The first-order chi connectivity index (χ1) is 9.31. The van der Waals surface area contributed by atoms with Crippen LogP contribution in [0.15, 0.2) is 0 Å². The molecule has 0 fully saturated rings. The van der Waals surface area contributed by atoms with Crippen LogP contribution >= 0.6 is 0 Å². The molecule has 0 aliphatic carbocycles. The smallest absolute Gasteiger partial charge is 0.225 e. The molecule has 0 bridgehead atoms. The summed E-state index contributed by atoms with van der Waals surface area (Å²) < 4.78 is 0. The molecule has 2 N–H and O–H groups in total. The maximum atomic E-state index is 11.8. The molecule has 0 rings (SSSR count). The highest BCUT2D eigenvalue weighted by molar-refractivity contribution is 5.81. The molecule has 0 aromatic heterocycles. The van der Waals surface area contributed by atoms with Gasteiger partial charge >= 0.3 is 0 Å². The Hall–Kier alpha value is -1.06. The largest absolute Gasteiger partial charge is 0.356 e. The summed E-state index contributed by atoms with van der Waals surface area (Å²) in [6.07, 6.45) is 5.04. The van der Waals surface area contributed by atoms with Gasteiger partial charge in [-0.3, -0.25) is 9.59 Å². The van der Waals surface area contributed by atoms with E-state index in [1.54, 1.807) is 0 Å². The lowest BCUT2D eigenvalue weighted by molar-refractivity contribution is -0.129. The highest BCUT2D eigenvalue weighted by Crippen LogP contribution is 2.19. The fourth-order valence-corrected chi connectivity index (χ4v) is 1.62. The Bertz CT molecular complexity index is 299. The molecule has 0 saturated heterocycles. The predicted octanol–water partition coefficient (Wildman–Crippen LogP) is 2.87. The lowest BCUT2D eigenvalue weighted by Crippen LogP contribution is -2.36. The number of amides is 2. The zero-order valence-electron chi connectivity index (χ0n) is 13.8. The average molecular weight is 284 g/mol. The van der Waals surface area contributed by atoms with Gasteiger partial charge in [0, 0.05) is 24.4 Å². The Morgan fingerprint density at radius 3 is 1.90 bits per heavy atom. The van der Waals surface area contributed by atoms with Crippen LogP contribution < -0.4 is 10.6 Å². The minimum Gasteiger partial charge on any atom is -0.356 e. The quantitative estimate of drug-likeness (QED) is 0.606. The van der Waals surface area contributed by atoms with E-state index >= 15 is 0 Å². The Balaban J connectivity index is 3.46. The van der Waals surface area contributed by atoms with Gasteiger partial charge in [0.25, 0.3) is 0 Å². The van der Waals surface area contributed by atoms with Crippen LogP contribution in [0.1, 0.15) is 66.7 Å². The summed E-state index contributed by atoms with van der Waals surface area (Å²) in [5.41, 5.74) is -0.263. The summed E-state index contributed by atoms with van der Waals surface area (Å²) in [6, 6.07) is 0. The van der Waals surface area contributed by atoms with Crippen LogP contribution in [0.25, 0.3) is 0 Å². The van der Waals surface area contributed by atoms with Gasteiger partial charge in [-0.05, 0) is 19.3 Å². The molecule has 0 aliphatic heterocycles. The van der Waals surface area contributed by atoms with Crippen LogP contribution in [-0.4, -0.2) is 24.9 Å². The van der Waals surface area contributed by atoms with E-state index in [0.29, 0.717) is 0 Å². The Morgan fingerprint density at radius 1 is 0.950 bits per heavy atom. The Kier molecular flexibility index (Phi) is 9.26. The van der Waals surface area contributed by atoms with E-state index in [2.05, 4.69) is 10.6 Å². The molecule has 0 aliphatic rings. The van der Waals surface area contributed by atoms with E-state index in [0.717, 1.165) is 45.2 Å². The highest BCUT2D eigenvalue weighted by atomic mass is 16.2. The molecule has 4 heteroatoms. The molecule has 20 heavy (non-hydrogen) atoms. The summed E-state index contributed by atoms with van der Waals surface area (Å²) in [4.78, 5) is 23.1. The van der Waals surface area contributed by atoms with Gasteiger partial charge in [-0.15, -0.1) is 0 Å². The van der Waals surface area contributed by atoms with Gasteiger partial charge < -0.3 is 10.6 Å². The number of unbranched alkanes of at least 4 members (excludes halogenated alkanes) is 3. The molecule has 0 saturated carbocycles. The maximum absolute atomic E-state index is 11.8. The zero-order valence-corrected chi connectivity index (χ0v) is 13.8. The Labute approximate surface area is 124 Å². The van der Waals surface area contributed by atoms with Gasteiger partial charge in [-0.2, -0.15) is 0 Å². The van der Waals surface area contributed by atoms with Crippen molar-refractivity contribution in [1.82, 2.24) is 10.6 Å². The van der Waals surface area contributed by atoms with E-state index in [-0.39, 0.29) is 23.1 Å². The second-order valence-electron chi connectivity index (χ2n) is 6.35. The van der Waals surface area contributed by atoms with Crippen molar-refractivity contribution >= 4 is 11.8 Å². The standard InChI is InChI=1S/C16H32N2O2/c1-6-16(4,5)15(20)18-12-10-8-7-9-11-17-14(19)13(2)3/h13H,6-12H2,1-5H3,(H,17,19)(H,18,20). The molecule has 0 aromatic rings. The van der Waals surface area contributed by atoms with Crippen LogP contribution in [0.4, 0.5) is 0 Å². The zero-order chi connectivity index (χ0) is 15.6. The molecule has 0 unspecified atom stereocenters. The van der Waals surface area contributed by atoms with Crippen molar-refractivity contribution in [2.24, 2.45) is 11.3 Å². The third-order valence-electron chi connectivity index (χ3n) is 3.71. The van der Waals surface area contributed by atoms with Crippen LogP contribution in [0.5, 0.6) is 0 Å². The first kappa shape index (κ1) is 18.9. The maximum Gasteiger partial charge on any atom is 0.225 e. The summed E-state index contributed by atoms with van der Waals surface area (Å²) in [7, 11) is 0. The number of rotatable bonds is 10. The van der Waals surface area contributed by atoms with E-state index < -0.39 is 0 Å². The van der Waals surface area contributed by atoms with Gasteiger partial charge in [0.15, 0.2) is 0 Å². The summed E-state index contributed by atoms with van der Waals surface area (Å²) in [5.74, 6) is 0.329. The minimum atomic E-state index is -0.263. The molecule has 0 atom stereocenters. The molecule has 118 valence electrons. The van der Waals surface area contributed by atoms with Crippen molar-refractivity contribution in [2.75, 3.05) is 13.1 Å². The van der Waals surface area contributed by atoms with Gasteiger partial charge in [-0.1, -0.05) is 47.5 Å². The van der Waals surface area contributed by atoms with Crippen molar-refractivity contribution in [3.05, 3.63) is 0 Å². The SMILES string of the molecule is CCC(C)(C)C(=O)NCCCCCCNC(=O)C(C)C. The molecule has 4 nitrogen and oxygen atoms in total. The monoisotopic (exact) mass is 284 g/mol. The van der Waals surface area contributed by atoms with Gasteiger partial charge in [0.1, 0.15) is 0 Å². The molecule has 2 amide bonds. The fraction of sp³-hybridized carbons (Fsp3) is 0.875. The van der Waals surface area contributed by atoms with Crippen LogP contribution in [0.3, 0.4) is 0 Å². The normalized spacial score (nSPS) is 11.5. The molecule has 0 radical (unpaired) electrons. The summed E-state index contributed by atoms with van der Waals surface area (Å²) >= 11 is 0. The van der Waals surface area contributed by atoms with E-state index in [1.807, 2.05) is 34.6 Å². The van der Waals surface area contributed by atoms with Crippen molar-refractivity contribution in [3.8, 4) is 0 Å². The fourth-order valence-electron chi connectivity index (χ4n) is 1.62. The third-order valence-corrected chi connectivity index (χ3v) is 3.71. The average Bonchev–Trinajstić information content (AvgIpc) is 2.40. The van der Waals surface area contributed by atoms with Crippen molar-refractivity contribution in [3.63, 3.8) is 0 Å². The topological polar surface area (TPSA) is 58.2 Å². The third kappa shape index (κ3) is 8.18. The number of hydrogen-bond acceptors (Lipinski definition) is 2. The Morgan fingerprint density at radius 2 is 1.45 bits per heavy atom. The molecule has 0 aromatic carbocycles. The second kappa shape index (κ2) is 9.78. The number of hydrogen-bond donors (Lipinski definition) is 2. The molecule has 0 heterocycles. The molecular weight excluding hydrogens is 252 g/mol. The van der Waals surface area contributed by atoms with Gasteiger partial charge in [0.2, 0.25) is 11.8 Å². The van der Waals surface area contributed by atoms with Crippen molar-refractivity contribution < 1.29 is 9.59 Å². The lowest BCUT2D eigenvalue weighted by atomic mass is 9.89. The number of carbonyl (C=O) groups excluding carboxylic acids is 2. The van der Waals surface area contributed by atoms with Gasteiger partial charge in [-0.25, -0.2) is 0 Å². The van der Waals surface area contributed by atoms with Crippen LogP contribution in [0.2, 0.25) is 0 Å². The van der Waals surface area contributed by atoms with Crippen LogP contribution in [-0.2, 0) is 9.59 Å². The second-order valence-corrected chi connectivity index (χ2v) is 6.35. The van der Waals surface area contributed by atoms with Crippen LogP contribution in [0, 0.1) is 11.3 Å². The molecular formula is C16H32N2O2. The first-order valence-corrected chi connectivity index (χ1v) is 7.87. The van der Waals surface area contributed by atoms with E-state index in [4.69, 9.17) is 0 Å². The van der Waals surface area contributed by atoms with Crippen molar-refractivity contribution in [1.29, 1.82) is 0 Å². The minimum absolute atomic E-state index is 0.0622. The lowest BCUT2D eigenvalue weighted by Gasteiger charge is -2.21. The summed E-state index contributed by atoms with van der Waals surface area (Å²) in [6.45, 7) is 11.3. The van der Waals surface area contributed by atoms with E-state index in [1.165, 1.54) is 0 Å². The predicted molar refractivity (Wildman–Crippen MR) is 83.4 cm³/mol. The van der Waals surface area contributed by atoms with Gasteiger partial charge in [0.05, 0.1) is 0 Å². The molecule has 0 spiro atoms.